The molecule has 1 atom stereocenters. The fourth-order valence-electron chi connectivity index (χ4n) is 1.88. The van der Waals surface area contributed by atoms with Crippen molar-refractivity contribution < 1.29 is 9.53 Å². The number of carbonyl (C=O) groups is 1. The Kier molecular flexibility index (Phi) is 3.99. The van der Waals surface area contributed by atoms with Gasteiger partial charge in [-0.05, 0) is 18.6 Å². The van der Waals surface area contributed by atoms with E-state index in [2.05, 4.69) is 9.97 Å². The van der Waals surface area contributed by atoms with E-state index in [0.29, 0.717) is 24.1 Å². The van der Waals surface area contributed by atoms with E-state index in [0.717, 1.165) is 5.52 Å². The van der Waals surface area contributed by atoms with Gasteiger partial charge in [-0.1, -0.05) is 13.0 Å². The first-order valence-electron chi connectivity index (χ1n) is 5.97. The fraction of sp³-hybridized carbons (Fsp3) is 0.357. The number of aromatic nitrogens is 2. The highest BCUT2D eigenvalue weighted by molar-refractivity contribution is 6.06. The number of benzene rings is 1. The van der Waals surface area contributed by atoms with Crippen LogP contribution in [0.15, 0.2) is 30.6 Å². The highest BCUT2D eigenvalue weighted by atomic mass is 16.5. The van der Waals surface area contributed by atoms with Crippen molar-refractivity contribution in [2.75, 3.05) is 13.7 Å². The highest BCUT2D eigenvalue weighted by Gasteiger charge is 2.18. The molecule has 4 nitrogen and oxygen atoms in total. The molecule has 0 radical (unpaired) electrons. The van der Waals surface area contributed by atoms with Crippen LogP contribution >= 0.6 is 0 Å². The van der Waals surface area contributed by atoms with Gasteiger partial charge < -0.3 is 4.74 Å². The maximum atomic E-state index is 12.3. The van der Waals surface area contributed by atoms with Gasteiger partial charge in [0.25, 0.3) is 0 Å². The summed E-state index contributed by atoms with van der Waals surface area (Å²) in [6.07, 6.45) is 3.95. The molecule has 0 aliphatic carbocycles. The van der Waals surface area contributed by atoms with Crippen LogP contribution in [-0.2, 0) is 4.74 Å². The first kappa shape index (κ1) is 12.6. The Balaban J connectivity index is 2.33. The zero-order chi connectivity index (χ0) is 13.0. The van der Waals surface area contributed by atoms with E-state index in [1.807, 2.05) is 25.1 Å². The van der Waals surface area contributed by atoms with Gasteiger partial charge in [0.1, 0.15) is 0 Å². The average Bonchev–Trinajstić information content (AvgIpc) is 2.43. The van der Waals surface area contributed by atoms with Crippen molar-refractivity contribution in [3.8, 4) is 0 Å². The first-order valence-corrected chi connectivity index (χ1v) is 5.97. The van der Waals surface area contributed by atoms with Crippen LogP contribution in [0.4, 0.5) is 0 Å². The standard InChI is InChI=1S/C14H16N2O2/c1-10(6-9-18-2)14(17)11-4-3-5-12-13(11)16-8-7-15-12/h3-5,7-8,10H,6,9H2,1-2H3. The first-order chi connectivity index (χ1) is 8.74. The summed E-state index contributed by atoms with van der Waals surface area (Å²) in [7, 11) is 1.64. The lowest BCUT2D eigenvalue weighted by Crippen LogP contribution is -2.14. The Morgan fingerprint density at radius 1 is 1.33 bits per heavy atom. The number of para-hydroxylation sites is 1. The number of methoxy groups -OCH3 is 1. The Morgan fingerprint density at radius 3 is 2.89 bits per heavy atom. The largest absolute Gasteiger partial charge is 0.385 e. The van der Waals surface area contributed by atoms with Crippen LogP contribution in [-0.4, -0.2) is 29.5 Å². The van der Waals surface area contributed by atoms with Crippen LogP contribution in [0.25, 0.3) is 11.0 Å². The Hall–Kier alpha value is -1.81. The number of ether oxygens (including phenoxy) is 1. The van der Waals surface area contributed by atoms with Crippen molar-refractivity contribution in [3.63, 3.8) is 0 Å². The predicted molar refractivity (Wildman–Crippen MR) is 69.5 cm³/mol. The van der Waals surface area contributed by atoms with E-state index < -0.39 is 0 Å². The molecule has 1 heterocycles. The molecule has 0 spiro atoms. The summed E-state index contributed by atoms with van der Waals surface area (Å²) in [4.78, 5) is 20.8. The Bertz CT molecular complexity index is 549. The van der Waals surface area contributed by atoms with Gasteiger partial charge >= 0.3 is 0 Å². The maximum absolute atomic E-state index is 12.3. The second kappa shape index (κ2) is 5.69. The number of Topliss-reactive ketones (excluding diaryl/α,β-unsaturated/α-hetero) is 1. The van der Waals surface area contributed by atoms with Gasteiger partial charge in [0.15, 0.2) is 5.78 Å². The van der Waals surface area contributed by atoms with Crippen LogP contribution < -0.4 is 0 Å². The topological polar surface area (TPSA) is 52.1 Å². The Labute approximate surface area is 106 Å². The number of carbonyl (C=O) groups excluding carboxylic acids is 1. The molecule has 0 aliphatic heterocycles. The zero-order valence-electron chi connectivity index (χ0n) is 10.6. The van der Waals surface area contributed by atoms with Crippen molar-refractivity contribution in [1.82, 2.24) is 9.97 Å². The zero-order valence-corrected chi connectivity index (χ0v) is 10.6. The third-order valence-corrected chi connectivity index (χ3v) is 2.97. The third-order valence-electron chi connectivity index (χ3n) is 2.97. The molecule has 94 valence electrons. The molecule has 1 aromatic carbocycles. The van der Waals surface area contributed by atoms with Crippen LogP contribution in [0.5, 0.6) is 0 Å². The van der Waals surface area contributed by atoms with Crippen LogP contribution in [0.3, 0.4) is 0 Å². The molecular formula is C14H16N2O2. The SMILES string of the molecule is COCCC(C)C(=O)c1cccc2nccnc12. The maximum Gasteiger partial charge on any atom is 0.168 e. The normalized spacial score (nSPS) is 12.6. The summed E-state index contributed by atoms with van der Waals surface area (Å²) >= 11 is 0. The number of hydrogen-bond donors (Lipinski definition) is 0. The average molecular weight is 244 g/mol. The third kappa shape index (κ3) is 2.54. The minimum atomic E-state index is -0.0717. The van der Waals surface area contributed by atoms with E-state index in [1.54, 1.807) is 19.5 Å². The van der Waals surface area contributed by atoms with Crippen LogP contribution in [0.1, 0.15) is 23.7 Å². The van der Waals surface area contributed by atoms with Gasteiger partial charge in [-0.15, -0.1) is 0 Å². The highest BCUT2D eigenvalue weighted by Crippen LogP contribution is 2.19. The second-order valence-electron chi connectivity index (χ2n) is 4.28. The molecule has 0 bridgehead atoms. The van der Waals surface area contributed by atoms with Gasteiger partial charge in [0.05, 0.1) is 11.0 Å². The fourth-order valence-corrected chi connectivity index (χ4v) is 1.88. The summed E-state index contributed by atoms with van der Waals surface area (Å²) in [5.74, 6) is 0.0238. The van der Waals surface area contributed by atoms with E-state index in [1.165, 1.54) is 0 Å². The van der Waals surface area contributed by atoms with Crippen LogP contribution in [0, 0.1) is 5.92 Å². The van der Waals surface area contributed by atoms with E-state index >= 15 is 0 Å². The van der Waals surface area contributed by atoms with Crippen molar-refractivity contribution in [3.05, 3.63) is 36.2 Å². The van der Waals surface area contributed by atoms with Crippen molar-refractivity contribution in [2.45, 2.75) is 13.3 Å². The second-order valence-corrected chi connectivity index (χ2v) is 4.28. The summed E-state index contributed by atoms with van der Waals surface area (Å²) in [5.41, 5.74) is 2.07. The molecule has 0 N–H and O–H groups in total. The summed E-state index contributed by atoms with van der Waals surface area (Å²) in [6.45, 7) is 2.50. The minimum Gasteiger partial charge on any atom is -0.385 e. The van der Waals surface area contributed by atoms with Gasteiger partial charge in [-0.25, -0.2) is 0 Å². The molecule has 2 aromatic rings. The molecule has 1 unspecified atom stereocenters. The molecule has 0 amide bonds. The monoisotopic (exact) mass is 244 g/mol. The van der Waals surface area contributed by atoms with Gasteiger partial charge in [0.2, 0.25) is 0 Å². The molecule has 1 aromatic heterocycles. The molecule has 0 fully saturated rings. The number of fused-ring (bicyclic) bond motifs is 1. The van der Waals surface area contributed by atoms with Gasteiger partial charge in [0, 0.05) is 37.6 Å². The molecule has 0 aliphatic rings. The lowest BCUT2D eigenvalue weighted by molar-refractivity contribution is 0.0895. The number of hydrogen-bond acceptors (Lipinski definition) is 4. The lowest BCUT2D eigenvalue weighted by atomic mass is 9.96. The molecule has 2 rings (SSSR count). The lowest BCUT2D eigenvalue weighted by Gasteiger charge is -2.10. The summed E-state index contributed by atoms with van der Waals surface area (Å²) in [6, 6.07) is 5.51. The van der Waals surface area contributed by atoms with E-state index in [-0.39, 0.29) is 11.7 Å². The molecule has 4 heteroatoms. The Morgan fingerprint density at radius 2 is 2.11 bits per heavy atom. The van der Waals surface area contributed by atoms with E-state index in [9.17, 15) is 4.79 Å². The van der Waals surface area contributed by atoms with Crippen molar-refractivity contribution in [1.29, 1.82) is 0 Å². The predicted octanol–water partition coefficient (Wildman–Crippen LogP) is 2.49. The van der Waals surface area contributed by atoms with Gasteiger partial charge in [-0.2, -0.15) is 0 Å². The quantitative estimate of drug-likeness (QED) is 0.758. The van der Waals surface area contributed by atoms with Crippen LogP contribution in [0.2, 0.25) is 0 Å². The summed E-state index contributed by atoms with van der Waals surface area (Å²) < 4.78 is 5.01. The molecule has 0 saturated carbocycles. The van der Waals surface area contributed by atoms with Crippen molar-refractivity contribution >= 4 is 16.8 Å². The minimum absolute atomic E-state index is 0.0717. The molecule has 0 saturated heterocycles. The summed E-state index contributed by atoms with van der Waals surface area (Å²) in [5, 5.41) is 0. The van der Waals surface area contributed by atoms with E-state index in [4.69, 9.17) is 4.74 Å². The number of rotatable bonds is 5. The number of ketones is 1. The van der Waals surface area contributed by atoms with Gasteiger partial charge in [-0.3, -0.25) is 14.8 Å². The molecular weight excluding hydrogens is 228 g/mol. The number of nitrogens with zero attached hydrogens (tertiary/aromatic N) is 2. The molecule has 18 heavy (non-hydrogen) atoms. The smallest absolute Gasteiger partial charge is 0.168 e. The van der Waals surface area contributed by atoms with Crippen molar-refractivity contribution in [2.24, 2.45) is 5.92 Å².